The van der Waals surface area contributed by atoms with Crippen LogP contribution in [0.1, 0.15) is 136 Å². The third kappa shape index (κ3) is 34.1. The molecule has 0 spiro atoms. The first kappa shape index (κ1) is 64.6. The molecule has 1 saturated carbocycles. The average Bonchev–Trinajstić information content (AvgIpc) is 3.31. The van der Waals surface area contributed by atoms with Crippen molar-refractivity contribution in [3.63, 3.8) is 0 Å². The van der Waals surface area contributed by atoms with E-state index in [1.807, 2.05) is 54.7 Å². The van der Waals surface area contributed by atoms with E-state index in [0.29, 0.717) is 32.1 Å². The lowest BCUT2D eigenvalue weighted by molar-refractivity contribution is -0.216. The molecule has 8 N–H and O–H groups in total. The third-order valence-corrected chi connectivity index (χ3v) is 11.9. The molecule has 0 aromatic carbocycles. The van der Waals surface area contributed by atoms with Gasteiger partial charge in [-0.05, 0) is 77.0 Å². The van der Waals surface area contributed by atoms with Gasteiger partial charge in [-0.1, -0.05) is 155 Å². The second-order valence-electron chi connectivity index (χ2n) is 16.6. The van der Waals surface area contributed by atoms with Gasteiger partial charge >= 0.3 is 27.6 Å². The van der Waals surface area contributed by atoms with Gasteiger partial charge in [-0.2, -0.15) is 0 Å². The van der Waals surface area contributed by atoms with E-state index in [1.165, 1.54) is 38.5 Å². The molecule has 0 aromatic heterocycles. The van der Waals surface area contributed by atoms with Gasteiger partial charge in [0.1, 0.15) is 43.2 Å². The van der Waals surface area contributed by atoms with E-state index >= 15 is 0 Å². The number of unbranched alkanes of at least 4 members (excludes halogenated alkanes) is 7. The Bertz CT molecular complexity index is 1780. The number of phosphoric acid groups is 2. The molecule has 0 radical (unpaired) electrons. The molecule has 0 aromatic rings. The smallest absolute Gasteiger partial charge is 0.462 e. The number of rotatable bonds is 39. The number of esters is 2. The van der Waals surface area contributed by atoms with Gasteiger partial charge in [0.15, 0.2) is 6.10 Å². The summed E-state index contributed by atoms with van der Waals surface area (Å²) in [4.78, 5) is 54.3. The van der Waals surface area contributed by atoms with Crippen LogP contribution in [0.25, 0.3) is 0 Å². The van der Waals surface area contributed by atoms with Crippen molar-refractivity contribution in [3.05, 3.63) is 109 Å². The van der Waals surface area contributed by atoms with Gasteiger partial charge in [-0.3, -0.25) is 23.2 Å². The predicted molar refractivity (Wildman–Crippen MR) is 270 cm³/mol. The normalized spacial score (nSPS) is 22.4. The molecule has 398 valence electrons. The van der Waals surface area contributed by atoms with Crippen LogP contribution in [-0.2, 0) is 41.8 Å². The van der Waals surface area contributed by atoms with E-state index < -0.39 is 89.6 Å². The lowest BCUT2D eigenvalue weighted by atomic mass is 9.85. The SMILES string of the molecule is CC/C=C\C/C=C\CC(O)/C=C/C=C\C/C=C\C/C=C\CCC(=O)O[C@H](COC(=O)CCC/C=C\C/C=C\C/C=C\CCCCCCCC)COP(=O)(O)O[C@H]1C(O)C(O)C(O)[C@@H](OP(=O)(O)O)C1O. The molecule has 0 amide bonds. The first-order chi connectivity index (χ1) is 33.5. The molecule has 1 rings (SSSR count). The van der Waals surface area contributed by atoms with Crippen LogP contribution in [-0.4, -0.2) is 114 Å². The molecule has 1 fully saturated rings. The highest BCUT2D eigenvalue weighted by Crippen LogP contribution is 2.49. The molecular formula is C51H82O17P2. The summed E-state index contributed by atoms with van der Waals surface area (Å²) >= 11 is 0. The molecule has 1 aliphatic carbocycles. The molecule has 0 aliphatic heterocycles. The summed E-state index contributed by atoms with van der Waals surface area (Å²) in [6, 6.07) is 0. The molecule has 1 aliphatic rings. The number of hydrogen-bond acceptors (Lipinski definition) is 14. The van der Waals surface area contributed by atoms with Gasteiger partial charge in [-0.15, -0.1) is 0 Å². The van der Waals surface area contributed by atoms with Crippen molar-refractivity contribution >= 4 is 27.6 Å². The van der Waals surface area contributed by atoms with Gasteiger partial charge in [0.2, 0.25) is 0 Å². The van der Waals surface area contributed by atoms with Crippen LogP contribution in [0.4, 0.5) is 0 Å². The van der Waals surface area contributed by atoms with E-state index in [4.69, 9.17) is 18.5 Å². The van der Waals surface area contributed by atoms with Gasteiger partial charge in [0, 0.05) is 12.8 Å². The lowest BCUT2D eigenvalue weighted by Gasteiger charge is -2.43. The predicted octanol–water partition coefficient (Wildman–Crippen LogP) is 8.70. The summed E-state index contributed by atoms with van der Waals surface area (Å²) in [6.07, 6.45) is 35.2. The minimum Gasteiger partial charge on any atom is -0.462 e. The Kier molecular flexibility index (Phi) is 37.1. The Morgan fingerprint density at radius 2 is 1.07 bits per heavy atom. The van der Waals surface area contributed by atoms with Crippen LogP contribution >= 0.6 is 15.6 Å². The summed E-state index contributed by atoms with van der Waals surface area (Å²) in [6.45, 7) is 2.81. The van der Waals surface area contributed by atoms with E-state index in [-0.39, 0.29) is 19.3 Å². The van der Waals surface area contributed by atoms with Crippen molar-refractivity contribution in [1.29, 1.82) is 0 Å². The van der Waals surface area contributed by atoms with Crippen LogP contribution in [0.15, 0.2) is 109 Å². The summed E-state index contributed by atoms with van der Waals surface area (Å²) in [7, 11) is -10.8. The zero-order chi connectivity index (χ0) is 51.9. The standard InChI is InChI=1S/C51H82O17P2/c1-3-5-7-9-11-12-13-14-15-16-17-18-19-23-26-30-34-38-44(53)64-40-43(41-65-70(62,63)68-51-48(57)46(55)47(56)50(49(51)58)67-69(59,60)61)66-45(54)39-35-31-27-24-21-20-22-25-29-33-37-42(52)36-32-28-10-8-6-4-2/h6,8,14-15,17-18,20-21,23,25-29,31-33,37,42-43,46-52,55-58H,3-5,7,9-13,16,19,22,24,30,34-36,38-41H2,1-2H3,(H,62,63)(H2,59,60,61)/b8-6-,15-14-,18-17-,21-20-,26-23-,29-25-,31-27-,32-28-,37-33+/t42?,43-,46?,47?,48?,49?,50-,51+/m1/s1. The maximum atomic E-state index is 13.0. The third-order valence-electron chi connectivity index (χ3n) is 10.4. The van der Waals surface area contributed by atoms with Crippen molar-refractivity contribution in [2.45, 2.75) is 185 Å². The highest BCUT2D eigenvalue weighted by atomic mass is 31.2. The fourth-order valence-corrected chi connectivity index (χ4v) is 8.16. The van der Waals surface area contributed by atoms with Crippen LogP contribution in [0.2, 0.25) is 0 Å². The number of aliphatic hydroxyl groups excluding tert-OH is 5. The van der Waals surface area contributed by atoms with Gasteiger partial charge < -0.3 is 49.7 Å². The molecule has 19 heteroatoms. The van der Waals surface area contributed by atoms with Crippen LogP contribution < -0.4 is 0 Å². The second-order valence-corrected chi connectivity index (χ2v) is 19.2. The molecule has 9 atom stereocenters. The number of ether oxygens (including phenoxy) is 2. The Hall–Kier alpha value is -3.38. The van der Waals surface area contributed by atoms with E-state index in [1.54, 1.807) is 18.2 Å². The quantitative estimate of drug-likeness (QED) is 0.00940. The zero-order valence-corrected chi connectivity index (χ0v) is 42.8. The molecule has 70 heavy (non-hydrogen) atoms. The van der Waals surface area contributed by atoms with Crippen LogP contribution in [0, 0.1) is 0 Å². The number of aliphatic hydroxyl groups is 5. The minimum atomic E-state index is -5.39. The van der Waals surface area contributed by atoms with Gasteiger partial charge in [0.25, 0.3) is 0 Å². The van der Waals surface area contributed by atoms with E-state index in [0.717, 1.165) is 32.1 Å². The van der Waals surface area contributed by atoms with E-state index in [2.05, 4.69) is 54.8 Å². The van der Waals surface area contributed by atoms with E-state index in [9.17, 15) is 58.9 Å². The number of hydrogen-bond donors (Lipinski definition) is 8. The van der Waals surface area contributed by atoms with Crippen molar-refractivity contribution in [1.82, 2.24) is 0 Å². The monoisotopic (exact) mass is 1030 g/mol. The fraction of sp³-hybridized carbons (Fsp3) is 0.608. The fourth-order valence-electron chi connectivity index (χ4n) is 6.62. The molecular weight excluding hydrogens is 946 g/mol. The molecule has 17 nitrogen and oxygen atoms in total. The summed E-state index contributed by atoms with van der Waals surface area (Å²) < 4.78 is 49.2. The van der Waals surface area contributed by atoms with Crippen molar-refractivity contribution in [2.24, 2.45) is 0 Å². The van der Waals surface area contributed by atoms with Crippen molar-refractivity contribution in [2.75, 3.05) is 13.2 Å². The first-order valence-electron chi connectivity index (χ1n) is 24.5. The van der Waals surface area contributed by atoms with Crippen molar-refractivity contribution < 1.29 is 82.0 Å². The Balaban J connectivity index is 2.70. The number of allylic oxidation sites excluding steroid dienone is 16. The van der Waals surface area contributed by atoms with Gasteiger partial charge in [0.05, 0.1) is 12.7 Å². The number of carbonyl (C=O) groups excluding carboxylic acids is 2. The summed E-state index contributed by atoms with van der Waals surface area (Å²) in [5.41, 5.74) is 0. The zero-order valence-electron chi connectivity index (χ0n) is 41.0. The average molecular weight is 1030 g/mol. The largest absolute Gasteiger partial charge is 0.472 e. The summed E-state index contributed by atoms with van der Waals surface area (Å²) in [5, 5.41) is 51.3. The first-order valence-corrected chi connectivity index (χ1v) is 27.6. The maximum absolute atomic E-state index is 13.0. The highest BCUT2D eigenvalue weighted by molar-refractivity contribution is 7.47. The Labute approximate surface area is 415 Å². The Morgan fingerprint density at radius 3 is 1.69 bits per heavy atom. The number of phosphoric ester groups is 2. The van der Waals surface area contributed by atoms with Crippen LogP contribution in [0.3, 0.4) is 0 Å². The molecule has 0 saturated heterocycles. The second kappa shape index (κ2) is 40.1. The lowest BCUT2D eigenvalue weighted by Crippen LogP contribution is -2.64. The Morgan fingerprint density at radius 1 is 0.543 bits per heavy atom. The van der Waals surface area contributed by atoms with Crippen molar-refractivity contribution in [3.8, 4) is 0 Å². The molecule has 0 heterocycles. The maximum Gasteiger partial charge on any atom is 0.472 e. The summed E-state index contributed by atoms with van der Waals surface area (Å²) in [5.74, 6) is -1.41. The number of carbonyl (C=O) groups is 2. The van der Waals surface area contributed by atoms with Gasteiger partial charge in [-0.25, -0.2) is 9.13 Å². The van der Waals surface area contributed by atoms with Crippen LogP contribution in [0.5, 0.6) is 0 Å². The highest BCUT2D eigenvalue weighted by Gasteiger charge is 2.54. The molecule has 0 bridgehead atoms. The topological polar surface area (TPSA) is 276 Å². The minimum absolute atomic E-state index is 0.0166. The molecule has 6 unspecified atom stereocenters.